The molecule has 0 spiro atoms. The van der Waals surface area contributed by atoms with Crippen molar-refractivity contribution in [3.8, 4) is 0 Å². The van der Waals surface area contributed by atoms with Crippen LogP contribution < -0.4 is 5.32 Å². The van der Waals surface area contributed by atoms with Crippen LogP contribution in [0.1, 0.15) is 28.4 Å². The Morgan fingerprint density at radius 3 is 2.65 bits per heavy atom. The number of anilines is 1. The predicted octanol–water partition coefficient (Wildman–Crippen LogP) is 3.22. The molecule has 2 aromatic rings. The molecule has 1 heterocycles. The van der Waals surface area contributed by atoms with Crippen LogP contribution in [0.15, 0.2) is 48.7 Å². The van der Waals surface area contributed by atoms with E-state index < -0.39 is 5.97 Å². The van der Waals surface area contributed by atoms with Gasteiger partial charge in [0, 0.05) is 12.3 Å². The lowest BCUT2D eigenvalue weighted by molar-refractivity contribution is -0.111. The number of hydrogen-bond donors (Lipinski definition) is 1. The normalized spacial score (nSPS) is 10.5. The molecule has 0 aliphatic rings. The zero-order chi connectivity index (χ0) is 16.7. The SMILES string of the molecule is CCOC(=O)c1ccnc(NC(=O)/C=C/c2ccc(C)cc2)c1. The first-order valence-corrected chi connectivity index (χ1v) is 7.27. The molecular weight excluding hydrogens is 292 g/mol. The number of nitrogens with zero attached hydrogens (tertiary/aromatic N) is 1. The summed E-state index contributed by atoms with van der Waals surface area (Å²) < 4.78 is 4.91. The van der Waals surface area contributed by atoms with Crippen molar-refractivity contribution >= 4 is 23.8 Å². The summed E-state index contributed by atoms with van der Waals surface area (Å²) in [7, 11) is 0. The molecule has 2 rings (SSSR count). The second kappa shape index (κ2) is 7.89. The largest absolute Gasteiger partial charge is 0.462 e. The number of pyridine rings is 1. The van der Waals surface area contributed by atoms with Crippen LogP contribution >= 0.6 is 0 Å². The average molecular weight is 310 g/mol. The van der Waals surface area contributed by atoms with Crippen molar-refractivity contribution < 1.29 is 14.3 Å². The van der Waals surface area contributed by atoms with Gasteiger partial charge in [-0.3, -0.25) is 4.79 Å². The van der Waals surface area contributed by atoms with Gasteiger partial charge in [0.05, 0.1) is 12.2 Å². The highest BCUT2D eigenvalue weighted by atomic mass is 16.5. The van der Waals surface area contributed by atoms with Crippen molar-refractivity contribution in [3.05, 3.63) is 65.4 Å². The summed E-state index contributed by atoms with van der Waals surface area (Å²) >= 11 is 0. The summed E-state index contributed by atoms with van der Waals surface area (Å²) in [6.07, 6.45) is 4.58. The molecule has 0 aliphatic heterocycles. The van der Waals surface area contributed by atoms with Crippen molar-refractivity contribution in [3.63, 3.8) is 0 Å². The monoisotopic (exact) mass is 310 g/mol. The minimum Gasteiger partial charge on any atom is -0.462 e. The number of hydrogen-bond acceptors (Lipinski definition) is 4. The lowest BCUT2D eigenvalue weighted by Gasteiger charge is -2.04. The van der Waals surface area contributed by atoms with E-state index in [9.17, 15) is 9.59 Å². The number of nitrogens with one attached hydrogen (secondary N) is 1. The molecular formula is C18H18N2O3. The highest BCUT2D eigenvalue weighted by Gasteiger charge is 2.08. The molecule has 1 aromatic carbocycles. The van der Waals surface area contributed by atoms with E-state index in [0.29, 0.717) is 18.0 Å². The van der Waals surface area contributed by atoms with E-state index in [0.717, 1.165) is 11.1 Å². The predicted molar refractivity (Wildman–Crippen MR) is 89.0 cm³/mol. The minimum atomic E-state index is -0.444. The van der Waals surface area contributed by atoms with E-state index in [4.69, 9.17) is 4.74 Å². The Morgan fingerprint density at radius 1 is 1.22 bits per heavy atom. The highest BCUT2D eigenvalue weighted by Crippen LogP contribution is 2.09. The summed E-state index contributed by atoms with van der Waals surface area (Å²) in [5, 5.41) is 2.62. The van der Waals surface area contributed by atoms with Gasteiger partial charge in [0.2, 0.25) is 5.91 Å². The molecule has 0 unspecified atom stereocenters. The van der Waals surface area contributed by atoms with Crippen LogP contribution in [0.5, 0.6) is 0 Å². The zero-order valence-electron chi connectivity index (χ0n) is 13.1. The quantitative estimate of drug-likeness (QED) is 0.680. The molecule has 1 amide bonds. The summed E-state index contributed by atoms with van der Waals surface area (Å²) in [4.78, 5) is 27.6. The van der Waals surface area contributed by atoms with Gasteiger partial charge in [-0.2, -0.15) is 0 Å². The van der Waals surface area contributed by atoms with E-state index in [1.807, 2.05) is 31.2 Å². The first kappa shape index (κ1) is 16.4. The van der Waals surface area contributed by atoms with E-state index >= 15 is 0 Å². The fraction of sp³-hybridized carbons (Fsp3) is 0.167. The summed E-state index contributed by atoms with van der Waals surface area (Å²) in [6.45, 7) is 4.03. The number of aromatic nitrogens is 1. The van der Waals surface area contributed by atoms with Crippen LogP contribution in [0, 0.1) is 6.92 Å². The Kier molecular flexibility index (Phi) is 5.63. The third kappa shape index (κ3) is 5.07. The van der Waals surface area contributed by atoms with Gasteiger partial charge < -0.3 is 10.1 Å². The molecule has 0 atom stereocenters. The van der Waals surface area contributed by atoms with Crippen molar-refractivity contribution in [2.24, 2.45) is 0 Å². The number of benzene rings is 1. The Hall–Kier alpha value is -2.95. The van der Waals surface area contributed by atoms with Crippen LogP contribution in [-0.2, 0) is 9.53 Å². The van der Waals surface area contributed by atoms with Gasteiger partial charge in [-0.1, -0.05) is 29.8 Å². The maximum atomic E-state index is 11.9. The van der Waals surface area contributed by atoms with Crippen LogP contribution in [0.4, 0.5) is 5.82 Å². The number of ether oxygens (including phenoxy) is 1. The van der Waals surface area contributed by atoms with Crippen molar-refractivity contribution in [1.29, 1.82) is 0 Å². The molecule has 0 saturated heterocycles. The molecule has 0 aliphatic carbocycles. The lowest BCUT2D eigenvalue weighted by atomic mass is 10.1. The number of amides is 1. The lowest BCUT2D eigenvalue weighted by Crippen LogP contribution is -2.11. The zero-order valence-corrected chi connectivity index (χ0v) is 13.1. The average Bonchev–Trinajstić information content (AvgIpc) is 2.55. The van der Waals surface area contributed by atoms with E-state index in [-0.39, 0.29) is 5.91 Å². The summed E-state index contributed by atoms with van der Waals surface area (Å²) in [6, 6.07) is 10.8. The van der Waals surface area contributed by atoms with E-state index in [2.05, 4.69) is 10.3 Å². The van der Waals surface area contributed by atoms with Crippen LogP contribution in [0.25, 0.3) is 6.08 Å². The van der Waals surface area contributed by atoms with Gasteiger partial charge in [0.1, 0.15) is 5.82 Å². The molecule has 5 nitrogen and oxygen atoms in total. The van der Waals surface area contributed by atoms with Crippen LogP contribution in [-0.4, -0.2) is 23.5 Å². The minimum absolute atomic E-state index is 0.294. The van der Waals surface area contributed by atoms with Crippen molar-refractivity contribution in [2.75, 3.05) is 11.9 Å². The van der Waals surface area contributed by atoms with Gasteiger partial charge in [-0.05, 0) is 37.6 Å². The Morgan fingerprint density at radius 2 is 1.96 bits per heavy atom. The molecule has 1 N–H and O–H groups in total. The first-order valence-electron chi connectivity index (χ1n) is 7.27. The van der Waals surface area contributed by atoms with E-state index in [1.165, 1.54) is 24.4 Å². The van der Waals surface area contributed by atoms with Gasteiger partial charge >= 0.3 is 5.97 Å². The van der Waals surface area contributed by atoms with Gasteiger partial charge in [-0.15, -0.1) is 0 Å². The van der Waals surface area contributed by atoms with E-state index in [1.54, 1.807) is 13.0 Å². The van der Waals surface area contributed by atoms with Crippen LogP contribution in [0.2, 0.25) is 0 Å². The highest BCUT2D eigenvalue weighted by molar-refractivity contribution is 6.02. The third-order valence-electron chi connectivity index (χ3n) is 3.03. The standard InChI is InChI=1S/C18H18N2O3/c1-3-23-18(22)15-10-11-19-16(12-15)20-17(21)9-8-14-6-4-13(2)5-7-14/h4-12H,3H2,1-2H3,(H,19,20,21)/b9-8+. The number of carbonyl (C=O) groups is 2. The third-order valence-corrected chi connectivity index (χ3v) is 3.03. The smallest absolute Gasteiger partial charge is 0.338 e. The van der Waals surface area contributed by atoms with Crippen LogP contribution in [0.3, 0.4) is 0 Å². The second-order valence-electron chi connectivity index (χ2n) is 4.88. The van der Waals surface area contributed by atoms with Crippen molar-refractivity contribution in [1.82, 2.24) is 4.98 Å². The molecule has 5 heteroatoms. The number of rotatable bonds is 5. The molecule has 0 fully saturated rings. The molecule has 118 valence electrons. The van der Waals surface area contributed by atoms with Gasteiger partial charge in [-0.25, -0.2) is 9.78 Å². The van der Waals surface area contributed by atoms with Crippen molar-refractivity contribution in [2.45, 2.75) is 13.8 Å². The Bertz CT molecular complexity index is 721. The first-order chi connectivity index (χ1) is 11.1. The number of carbonyl (C=O) groups excluding carboxylic acids is 2. The fourth-order valence-electron chi connectivity index (χ4n) is 1.86. The molecule has 0 saturated carbocycles. The topological polar surface area (TPSA) is 68.3 Å². The Balaban J connectivity index is 2.01. The molecule has 23 heavy (non-hydrogen) atoms. The maximum Gasteiger partial charge on any atom is 0.338 e. The maximum absolute atomic E-state index is 11.9. The molecule has 0 radical (unpaired) electrons. The number of aryl methyl sites for hydroxylation is 1. The summed E-state index contributed by atoms with van der Waals surface area (Å²) in [5.74, 6) is -0.464. The van der Waals surface area contributed by atoms with Gasteiger partial charge in [0.15, 0.2) is 0 Å². The van der Waals surface area contributed by atoms with Gasteiger partial charge in [0.25, 0.3) is 0 Å². The summed E-state index contributed by atoms with van der Waals surface area (Å²) in [5.41, 5.74) is 2.44. The molecule has 1 aromatic heterocycles. The molecule has 0 bridgehead atoms. The number of esters is 1. The Labute approximate surface area is 135 Å². The second-order valence-corrected chi connectivity index (χ2v) is 4.88. The fourth-order valence-corrected chi connectivity index (χ4v) is 1.86.